The van der Waals surface area contributed by atoms with Gasteiger partial charge in [-0.05, 0) is 37.5 Å². The van der Waals surface area contributed by atoms with Gasteiger partial charge in [0.15, 0.2) is 11.6 Å². The molecular weight excluding hydrogens is 408 g/mol. The fourth-order valence-electron chi connectivity index (χ4n) is 4.31. The molecule has 3 aromatic heterocycles. The maximum atomic E-state index is 8.58. The number of nitrogens with two attached hydrogens (primary N) is 1. The summed E-state index contributed by atoms with van der Waals surface area (Å²) in [4.78, 5) is 24.8. The summed E-state index contributed by atoms with van der Waals surface area (Å²) >= 11 is 0. The van der Waals surface area contributed by atoms with Gasteiger partial charge in [-0.3, -0.25) is 14.9 Å². The van der Waals surface area contributed by atoms with E-state index in [0.717, 1.165) is 66.5 Å². The number of hydrogen-bond donors (Lipinski definition) is 2. The first-order valence-corrected chi connectivity index (χ1v) is 10.7. The van der Waals surface area contributed by atoms with Crippen LogP contribution in [-0.4, -0.2) is 55.8 Å². The fraction of sp³-hybridized carbons (Fsp3) is 0.318. The first-order valence-electron chi connectivity index (χ1n) is 10.7. The van der Waals surface area contributed by atoms with E-state index in [-0.39, 0.29) is 6.41 Å². The number of aromatic amines is 1. The summed E-state index contributed by atoms with van der Waals surface area (Å²) in [7, 11) is 0. The lowest BCUT2D eigenvalue weighted by Crippen LogP contribution is -2.17. The highest BCUT2D eigenvalue weighted by molar-refractivity contribution is 5.89. The molecule has 0 unspecified atom stereocenters. The number of aryl methyl sites for hydroxylation is 1. The van der Waals surface area contributed by atoms with Crippen LogP contribution in [0.3, 0.4) is 0 Å². The first kappa shape index (κ1) is 20.0. The third-order valence-electron chi connectivity index (χ3n) is 5.73. The number of rotatable bonds is 3. The van der Waals surface area contributed by atoms with Gasteiger partial charge in [-0.25, -0.2) is 9.97 Å². The molecule has 0 radical (unpaired) electrons. The zero-order chi connectivity index (χ0) is 21.9. The van der Waals surface area contributed by atoms with E-state index in [2.05, 4.69) is 47.5 Å². The summed E-state index contributed by atoms with van der Waals surface area (Å²) in [6.45, 7) is 3.79. The number of carbonyl (C=O) groups is 1. The normalized spacial score (nSPS) is 15.1. The molecule has 10 heteroatoms. The van der Waals surface area contributed by atoms with Gasteiger partial charge in [-0.2, -0.15) is 5.10 Å². The summed E-state index contributed by atoms with van der Waals surface area (Å²) in [5.74, 6) is 2.52. The second-order valence-corrected chi connectivity index (χ2v) is 7.70. The number of benzene rings is 1. The van der Waals surface area contributed by atoms with Crippen molar-refractivity contribution >= 4 is 23.1 Å². The van der Waals surface area contributed by atoms with Crippen molar-refractivity contribution in [1.29, 1.82) is 0 Å². The first-order chi connectivity index (χ1) is 15.8. The van der Waals surface area contributed by atoms with Crippen LogP contribution in [0.1, 0.15) is 19.3 Å². The Morgan fingerprint density at radius 2 is 1.94 bits per heavy atom. The average molecular weight is 432 g/mol. The minimum atomic E-state index is 0.250. The number of nitrogens with zero attached hydrogens (tertiary/aromatic N) is 6. The predicted octanol–water partition coefficient (Wildman–Crippen LogP) is 2.37. The average Bonchev–Trinajstić information content (AvgIpc) is 3.56. The Morgan fingerprint density at radius 1 is 1.09 bits per heavy atom. The molecular formula is C22H24N8O2. The number of pyridine rings is 1. The third-order valence-corrected chi connectivity index (χ3v) is 5.73. The van der Waals surface area contributed by atoms with Crippen LogP contribution in [0, 0.1) is 0 Å². The van der Waals surface area contributed by atoms with Gasteiger partial charge in [0.1, 0.15) is 23.3 Å². The molecule has 0 spiro atoms. The molecule has 1 aromatic carbocycles. The van der Waals surface area contributed by atoms with Gasteiger partial charge >= 0.3 is 0 Å². The van der Waals surface area contributed by atoms with Crippen molar-refractivity contribution in [1.82, 2.24) is 29.7 Å². The van der Waals surface area contributed by atoms with Crippen molar-refractivity contribution < 1.29 is 9.53 Å². The molecule has 0 atom stereocenters. The molecule has 3 N–H and O–H groups in total. The second kappa shape index (κ2) is 8.66. The van der Waals surface area contributed by atoms with E-state index in [1.54, 1.807) is 0 Å². The van der Waals surface area contributed by atoms with Gasteiger partial charge in [0.25, 0.3) is 0 Å². The van der Waals surface area contributed by atoms with Gasteiger partial charge in [-0.1, -0.05) is 0 Å². The quantitative estimate of drug-likeness (QED) is 0.476. The number of primary amides is 1. The Morgan fingerprint density at radius 3 is 2.66 bits per heavy atom. The van der Waals surface area contributed by atoms with Gasteiger partial charge in [0.05, 0.1) is 12.1 Å². The molecule has 2 aliphatic rings. The van der Waals surface area contributed by atoms with E-state index in [1.165, 1.54) is 24.9 Å². The molecule has 2 aliphatic heterocycles. The highest BCUT2D eigenvalue weighted by Crippen LogP contribution is 2.37. The summed E-state index contributed by atoms with van der Waals surface area (Å²) < 4.78 is 8.36. The number of H-pyrrole nitrogens is 1. The number of aromatic nitrogens is 6. The van der Waals surface area contributed by atoms with Crippen LogP contribution in [0.2, 0.25) is 0 Å². The van der Waals surface area contributed by atoms with Gasteiger partial charge in [-0.15, -0.1) is 0 Å². The van der Waals surface area contributed by atoms with Crippen LogP contribution in [-0.2, 0) is 11.3 Å². The van der Waals surface area contributed by atoms with E-state index < -0.39 is 0 Å². The van der Waals surface area contributed by atoms with E-state index in [9.17, 15) is 0 Å². The number of amides is 1. The summed E-state index contributed by atoms with van der Waals surface area (Å²) in [5.41, 5.74) is 9.17. The Balaban J connectivity index is 0.000000684. The molecule has 10 nitrogen and oxygen atoms in total. The molecule has 1 saturated heterocycles. The topological polar surface area (TPSA) is 128 Å². The summed E-state index contributed by atoms with van der Waals surface area (Å²) in [5, 5.41) is 6.78. The van der Waals surface area contributed by atoms with Gasteiger partial charge in [0.2, 0.25) is 6.41 Å². The number of imidazole rings is 1. The standard InChI is InChI=1S/C21H21N7O.CH3NO/c1-2-7-27(6-1)15-10-17-19-18(11-15)29-9-3-8-28(19)21(25-17)16-5-4-14(12-22-16)20-23-13-24-26-20;2-1-3/h4-5,10-13H,1-3,6-9H2,(H,23,24,26);1H,(H2,2,3). The highest BCUT2D eigenvalue weighted by Gasteiger charge is 2.23. The van der Waals surface area contributed by atoms with Crippen molar-refractivity contribution in [3.05, 3.63) is 36.8 Å². The molecule has 164 valence electrons. The predicted molar refractivity (Wildman–Crippen MR) is 120 cm³/mol. The Labute approximate surface area is 184 Å². The Kier molecular flexibility index (Phi) is 5.40. The molecule has 6 rings (SSSR count). The van der Waals surface area contributed by atoms with Gasteiger partial charge < -0.3 is 19.9 Å². The lowest BCUT2D eigenvalue weighted by atomic mass is 10.2. The lowest BCUT2D eigenvalue weighted by Gasteiger charge is -2.18. The number of nitrogens with one attached hydrogen (secondary N) is 1. The summed E-state index contributed by atoms with van der Waals surface area (Å²) in [6, 6.07) is 8.37. The van der Waals surface area contributed by atoms with Crippen molar-refractivity contribution in [2.75, 3.05) is 24.6 Å². The Bertz CT molecular complexity index is 1210. The molecule has 1 fully saturated rings. The van der Waals surface area contributed by atoms with Crippen molar-refractivity contribution in [3.63, 3.8) is 0 Å². The molecule has 1 amide bonds. The molecule has 0 aliphatic carbocycles. The van der Waals surface area contributed by atoms with Crippen molar-refractivity contribution in [3.8, 4) is 28.7 Å². The van der Waals surface area contributed by atoms with Crippen LogP contribution in [0.4, 0.5) is 5.69 Å². The minimum absolute atomic E-state index is 0.250. The Hall–Kier alpha value is -3.95. The number of carbonyl (C=O) groups excluding carboxylic acids is 1. The third kappa shape index (κ3) is 3.64. The molecule has 0 saturated carbocycles. The SMILES string of the molecule is NC=O.c1n[nH]c(-c2ccc(-c3nc4cc(N5CCCC5)cc5c4n3CCCO5)nc2)n1. The molecule has 0 bridgehead atoms. The van der Waals surface area contributed by atoms with Crippen molar-refractivity contribution in [2.24, 2.45) is 5.73 Å². The van der Waals surface area contributed by atoms with E-state index >= 15 is 0 Å². The number of anilines is 1. The van der Waals surface area contributed by atoms with Crippen LogP contribution < -0.4 is 15.4 Å². The zero-order valence-corrected chi connectivity index (χ0v) is 17.6. The van der Waals surface area contributed by atoms with Crippen LogP contribution in [0.25, 0.3) is 33.9 Å². The highest BCUT2D eigenvalue weighted by atomic mass is 16.5. The fourth-order valence-corrected chi connectivity index (χ4v) is 4.31. The van der Waals surface area contributed by atoms with Crippen LogP contribution >= 0.6 is 0 Å². The number of hydrogen-bond acceptors (Lipinski definition) is 7. The van der Waals surface area contributed by atoms with E-state index in [4.69, 9.17) is 14.5 Å². The van der Waals surface area contributed by atoms with Crippen LogP contribution in [0.5, 0.6) is 5.75 Å². The minimum Gasteiger partial charge on any atom is -0.491 e. The largest absolute Gasteiger partial charge is 0.491 e. The maximum absolute atomic E-state index is 8.58. The van der Waals surface area contributed by atoms with Crippen LogP contribution in [0.15, 0.2) is 36.8 Å². The van der Waals surface area contributed by atoms with E-state index in [1.807, 2.05) is 18.3 Å². The van der Waals surface area contributed by atoms with Gasteiger partial charge in [0, 0.05) is 43.1 Å². The van der Waals surface area contributed by atoms with E-state index in [0.29, 0.717) is 5.82 Å². The molecule has 32 heavy (non-hydrogen) atoms. The monoisotopic (exact) mass is 432 g/mol. The lowest BCUT2D eigenvalue weighted by molar-refractivity contribution is -0.106. The second-order valence-electron chi connectivity index (χ2n) is 7.70. The number of ether oxygens (including phenoxy) is 1. The maximum Gasteiger partial charge on any atom is 0.204 e. The molecule has 5 heterocycles. The molecule has 4 aromatic rings. The zero-order valence-electron chi connectivity index (χ0n) is 17.6. The van der Waals surface area contributed by atoms with Crippen molar-refractivity contribution in [2.45, 2.75) is 25.8 Å². The smallest absolute Gasteiger partial charge is 0.204 e. The summed E-state index contributed by atoms with van der Waals surface area (Å²) in [6.07, 6.45) is 7.00.